The van der Waals surface area contributed by atoms with Crippen LogP contribution >= 0.6 is 0 Å². The molecular formula is C27H30FN7O. The van der Waals surface area contributed by atoms with E-state index in [2.05, 4.69) is 37.3 Å². The number of nitrogens with zero attached hydrogens (tertiary/aromatic N) is 5. The summed E-state index contributed by atoms with van der Waals surface area (Å²) < 4.78 is 14.1. The summed E-state index contributed by atoms with van der Waals surface area (Å²) in [7, 11) is 3.97. The molecule has 4 aromatic rings. The number of hydrogen-bond acceptors (Lipinski definition) is 6. The molecule has 0 saturated carbocycles. The second-order valence-corrected chi connectivity index (χ2v) is 9.22. The van der Waals surface area contributed by atoms with E-state index >= 15 is 0 Å². The van der Waals surface area contributed by atoms with Crippen LogP contribution < -0.4 is 10.2 Å². The highest BCUT2D eigenvalue weighted by Gasteiger charge is 2.21. The second-order valence-electron chi connectivity index (χ2n) is 9.22. The molecule has 2 aromatic carbocycles. The minimum absolute atomic E-state index is 0.225. The van der Waals surface area contributed by atoms with Crippen molar-refractivity contribution in [1.82, 2.24) is 24.8 Å². The van der Waals surface area contributed by atoms with Crippen LogP contribution in [0.2, 0.25) is 0 Å². The van der Waals surface area contributed by atoms with Crippen molar-refractivity contribution in [2.24, 2.45) is 0 Å². The first-order chi connectivity index (χ1) is 17.5. The Morgan fingerprint density at radius 1 is 1.08 bits per heavy atom. The van der Waals surface area contributed by atoms with Gasteiger partial charge < -0.3 is 25.0 Å². The third-order valence-electron chi connectivity index (χ3n) is 6.49. The average molecular weight is 488 g/mol. The van der Waals surface area contributed by atoms with E-state index in [-0.39, 0.29) is 11.7 Å². The number of carbonyl (C=O) groups is 1. The zero-order valence-corrected chi connectivity index (χ0v) is 20.5. The minimum Gasteiger partial charge on any atom is -0.368 e. The van der Waals surface area contributed by atoms with Crippen LogP contribution in [-0.2, 0) is 4.79 Å². The molecule has 2 aromatic heterocycles. The molecule has 0 spiro atoms. The molecule has 1 aliphatic heterocycles. The first kappa shape index (κ1) is 23.7. The molecule has 8 nitrogen and oxygen atoms in total. The minimum atomic E-state index is -0.288. The van der Waals surface area contributed by atoms with Crippen LogP contribution in [0, 0.1) is 5.82 Å². The van der Waals surface area contributed by atoms with E-state index in [0.717, 1.165) is 55.0 Å². The van der Waals surface area contributed by atoms with Crippen LogP contribution in [0.15, 0.2) is 60.9 Å². The van der Waals surface area contributed by atoms with Gasteiger partial charge in [0.1, 0.15) is 5.82 Å². The van der Waals surface area contributed by atoms with Gasteiger partial charge in [-0.05, 0) is 50.5 Å². The van der Waals surface area contributed by atoms with Crippen molar-refractivity contribution < 1.29 is 9.18 Å². The molecule has 36 heavy (non-hydrogen) atoms. The zero-order chi connectivity index (χ0) is 25.1. The van der Waals surface area contributed by atoms with Gasteiger partial charge in [-0.1, -0.05) is 12.1 Å². The molecule has 186 valence electrons. The van der Waals surface area contributed by atoms with Crippen LogP contribution in [-0.4, -0.2) is 77.5 Å². The zero-order valence-electron chi connectivity index (χ0n) is 20.5. The number of halogens is 1. The number of amides is 1. The molecule has 5 rings (SSSR count). The predicted molar refractivity (Wildman–Crippen MR) is 141 cm³/mol. The molecular weight excluding hydrogens is 457 g/mol. The lowest BCUT2D eigenvalue weighted by Crippen LogP contribution is -2.49. The fourth-order valence-corrected chi connectivity index (χ4v) is 4.47. The monoisotopic (exact) mass is 487 g/mol. The molecule has 1 aliphatic rings. The van der Waals surface area contributed by atoms with Gasteiger partial charge in [0, 0.05) is 73.9 Å². The molecule has 1 fully saturated rings. The highest BCUT2D eigenvalue weighted by molar-refractivity contribution is 5.95. The van der Waals surface area contributed by atoms with Gasteiger partial charge in [-0.15, -0.1) is 0 Å². The quantitative estimate of drug-likeness (QED) is 0.409. The molecule has 3 heterocycles. The summed E-state index contributed by atoms with van der Waals surface area (Å²) >= 11 is 0. The van der Waals surface area contributed by atoms with Crippen molar-refractivity contribution in [2.45, 2.75) is 6.42 Å². The molecule has 1 amide bonds. The Balaban J connectivity index is 1.22. The van der Waals surface area contributed by atoms with Gasteiger partial charge in [-0.25, -0.2) is 14.4 Å². The molecule has 1 saturated heterocycles. The van der Waals surface area contributed by atoms with E-state index in [9.17, 15) is 9.18 Å². The average Bonchev–Trinajstić information content (AvgIpc) is 3.34. The summed E-state index contributed by atoms with van der Waals surface area (Å²) in [4.78, 5) is 30.7. The normalized spacial score (nSPS) is 14.0. The van der Waals surface area contributed by atoms with Gasteiger partial charge >= 0.3 is 0 Å². The van der Waals surface area contributed by atoms with Crippen molar-refractivity contribution in [1.29, 1.82) is 0 Å². The van der Waals surface area contributed by atoms with Crippen LogP contribution in [0.5, 0.6) is 0 Å². The lowest BCUT2D eigenvalue weighted by atomic mass is 10.1. The van der Waals surface area contributed by atoms with E-state index in [1.54, 1.807) is 18.5 Å². The van der Waals surface area contributed by atoms with Crippen molar-refractivity contribution in [3.05, 3.63) is 66.7 Å². The second kappa shape index (κ2) is 10.3. The number of hydrogen-bond donors (Lipinski definition) is 2. The number of rotatable bonds is 7. The fourth-order valence-electron chi connectivity index (χ4n) is 4.47. The van der Waals surface area contributed by atoms with Gasteiger partial charge in [0.05, 0.1) is 11.2 Å². The van der Waals surface area contributed by atoms with E-state index in [0.29, 0.717) is 23.6 Å². The number of fused-ring (bicyclic) bond motifs is 1. The summed E-state index contributed by atoms with van der Waals surface area (Å²) in [6.07, 6.45) is 4.02. The number of para-hydroxylation sites is 1. The fraction of sp³-hybridized carbons (Fsp3) is 0.296. The van der Waals surface area contributed by atoms with Crippen LogP contribution in [0.1, 0.15) is 6.42 Å². The summed E-state index contributed by atoms with van der Waals surface area (Å²) in [5.41, 5.74) is 3.99. The Morgan fingerprint density at radius 2 is 1.86 bits per heavy atom. The standard InChI is InChI=1S/C27H30FN7O/c1-33(2)13-11-25(36)35-16-14-34(15-17-35)20-8-6-19(7-9-20)31-27-29-12-10-24(32-27)22-18-30-26-21(22)4-3-5-23(26)28/h3-10,12,18,30H,11,13-17H2,1-2H3,(H,29,31,32). The Morgan fingerprint density at radius 3 is 2.61 bits per heavy atom. The van der Waals surface area contributed by atoms with Gasteiger partial charge in [0.15, 0.2) is 0 Å². The van der Waals surface area contributed by atoms with Gasteiger partial charge in [-0.2, -0.15) is 0 Å². The highest BCUT2D eigenvalue weighted by Crippen LogP contribution is 2.29. The Hall–Kier alpha value is -3.98. The van der Waals surface area contributed by atoms with Gasteiger partial charge in [-0.3, -0.25) is 4.79 Å². The maximum absolute atomic E-state index is 14.1. The molecule has 9 heteroatoms. The van der Waals surface area contributed by atoms with Crippen molar-refractivity contribution in [3.63, 3.8) is 0 Å². The van der Waals surface area contributed by atoms with E-state index < -0.39 is 0 Å². The molecule has 0 bridgehead atoms. The summed E-state index contributed by atoms with van der Waals surface area (Å²) in [6, 6.07) is 15.0. The molecule has 0 radical (unpaired) electrons. The summed E-state index contributed by atoms with van der Waals surface area (Å²) in [5, 5.41) is 4.04. The van der Waals surface area contributed by atoms with Crippen LogP contribution in [0.3, 0.4) is 0 Å². The summed E-state index contributed by atoms with van der Waals surface area (Å²) in [5.74, 6) is 0.405. The predicted octanol–water partition coefficient (Wildman–Crippen LogP) is 4.11. The van der Waals surface area contributed by atoms with Crippen LogP contribution in [0.25, 0.3) is 22.2 Å². The SMILES string of the molecule is CN(C)CCC(=O)N1CCN(c2ccc(Nc3nccc(-c4c[nH]c5c(F)cccc45)n3)cc2)CC1. The number of nitrogens with one attached hydrogen (secondary N) is 2. The number of carbonyl (C=O) groups excluding carboxylic acids is 1. The molecule has 0 atom stereocenters. The van der Waals surface area contributed by atoms with Crippen molar-refractivity contribution >= 4 is 34.1 Å². The third-order valence-corrected chi connectivity index (χ3v) is 6.49. The van der Waals surface area contributed by atoms with Gasteiger partial charge in [0.25, 0.3) is 0 Å². The smallest absolute Gasteiger partial charge is 0.227 e. The Kier molecular flexibility index (Phi) is 6.81. The first-order valence-electron chi connectivity index (χ1n) is 12.1. The first-order valence-corrected chi connectivity index (χ1v) is 12.1. The number of anilines is 3. The van der Waals surface area contributed by atoms with Crippen LogP contribution in [0.4, 0.5) is 21.7 Å². The largest absolute Gasteiger partial charge is 0.368 e. The molecule has 2 N–H and O–H groups in total. The maximum atomic E-state index is 14.1. The number of benzene rings is 2. The van der Waals surface area contributed by atoms with Crippen molar-refractivity contribution in [2.75, 3.05) is 57.0 Å². The van der Waals surface area contributed by atoms with E-state index in [1.165, 1.54) is 6.07 Å². The molecule has 0 aliphatic carbocycles. The number of aromatic amines is 1. The molecule has 0 unspecified atom stereocenters. The van der Waals surface area contributed by atoms with Crippen molar-refractivity contribution in [3.8, 4) is 11.3 Å². The van der Waals surface area contributed by atoms with Gasteiger partial charge in [0.2, 0.25) is 11.9 Å². The number of aromatic nitrogens is 3. The lowest BCUT2D eigenvalue weighted by molar-refractivity contribution is -0.131. The topological polar surface area (TPSA) is 80.4 Å². The maximum Gasteiger partial charge on any atom is 0.227 e. The number of H-pyrrole nitrogens is 1. The van der Waals surface area contributed by atoms with E-state index in [4.69, 9.17) is 0 Å². The van der Waals surface area contributed by atoms with E-state index in [1.807, 2.05) is 48.2 Å². The highest BCUT2D eigenvalue weighted by atomic mass is 19.1. The Labute approximate surface area is 209 Å². The lowest BCUT2D eigenvalue weighted by Gasteiger charge is -2.36. The third kappa shape index (κ3) is 5.16. The Bertz CT molecular complexity index is 1340. The number of piperazine rings is 1. The summed E-state index contributed by atoms with van der Waals surface area (Å²) in [6.45, 7) is 3.89.